The van der Waals surface area contributed by atoms with Gasteiger partial charge in [0.25, 0.3) is 0 Å². The SMILES string of the molecule is CCCCNC(=O)[C@H]1CNC[C@@H](CN2CCOCC2)C1. The summed E-state index contributed by atoms with van der Waals surface area (Å²) in [5.41, 5.74) is 0. The molecule has 2 aliphatic heterocycles. The lowest BCUT2D eigenvalue weighted by molar-refractivity contribution is -0.126. The van der Waals surface area contributed by atoms with Crippen molar-refractivity contribution in [2.75, 3.05) is 52.5 Å². The number of nitrogens with zero attached hydrogens (tertiary/aromatic N) is 1. The average molecular weight is 283 g/mol. The lowest BCUT2D eigenvalue weighted by Crippen LogP contribution is -2.48. The Morgan fingerprint density at radius 3 is 2.90 bits per heavy atom. The monoisotopic (exact) mass is 283 g/mol. The molecule has 2 fully saturated rings. The third kappa shape index (κ3) is 5.04. The number of piperidine rings is 1. The van der Waals surface area contributed by atoms with E-state index in [-0.39, 0.29) is 11.8 Å². The van der Waals surface area contributed by atoms with Gasteiger partial charge >= 0.3 is 0 Å². The Bertz CT molecular complexity index is 293. The number of hydrogen-bond donors (Lipinski definition) is 2. The molecule has 2 atom stereocenters. The summed E-state index contributed by atoms with van der Waals surface area (Å²) in [4.78, 5) is 14.6. The maximum atomic E-state index is 12.1. The number of unbranched alkanes of at least 4 members (excludes halogenated alkanes) is 1. The summed E-state index contributed by atoms with van der Waals surface area (Å²) in [6, 6.07) is 0. The highest BCUT2D eigenvalue weighted by Crippen LogP contribution is 2.18. The van der Waals surface area contributed by atoms with Crippen LogP contribution >= 0.6 is 0 Å². The van der Waals surface area contributed by atoms with Gasteiger partial charge in [0, 0.05) is 32.7 Å². The Morgan fingerprint density at radius 2 is 2.15 bits per heavy atom. The first-order chi connectivity index (χ1) is 9.79. The molecule has 2 N–H and O–H groups in total. The molecule has 2 rings (SSSR count). The highest BCUT2D eigenvalue weighted by Gasteiger charge is 2.28. The van der Waals surface area contributed by atoms with Gasteiger partial charge in [-0.2, -0.15) is 0 Å². The van der Waals surface area contributed by atoms with Crippen molar-refractivity contribution in [2.45, 2.75) is 26.2 Å². The number of hydrogen-bond acceptors (Lipinski definition) is 4. The molecule has 0 spiro atoms. The maximum Gasteiger partial charge on any atom is 0.224 e. The number of carbonyl (C=O) groups is 1. The zero-order valence-electron chi connectivity index (χ0n) is 12.7. The van der Waals surface area contributed by atoms with Crippen LogP contribution in [0.3, 0.4) is 0 Å². The van der Waals surface area contributed by atoms with Crippen LogP contribution < -0.4 is 10.6 Å². The lowest BCUT2D eigenvalue weighted by atomic mass is 9.89. The summed E-state index contributed by atoms with van der Waals surface area (Å²) in [6.45, 7) is 9.69. The van der Waals surface area contributed by atoms with E-state index in [9.17, 15) is 4.79 Å². The predicted molar refractivity (Wildman–Crippen MR) is 79.6 cm³/mol. The van der Waals surface area contributed by atoms with Crippen molar-refractivity contribution in [2.24, 2.45) is 11.8 Å². The molecule has 2 saturated heterocycles. The first kappa shape index (κ1) is 15.7. The number of ether oxygens (including phenoxy) is 1. The fraction of sp³-hybridized carbons (Fsp3) is 0.933. The quantitative estimate of drug-likeness (QED) is 0.696. The molecule has 116 valence electrons. The van der Waals surface area contributed by atoms with Gasteiger partial charge in [0.05, 0.1) is 19.1 Å². The van der Waals surface area contributed by atoms with E-state index in [0.717, 1.165) is 71.7 Å². The van der Waals surface area contributed by atoms with Crippen LogP contribution in [0, 0.1) is 11.8 Å². The molecule has 2 heterocycles. The third-order valence-electron chi connectivity index (χ3n) is 4.26. The number of nitrogens with one attached hydrogen (secondary N) is 2. The van der Waals surface area contributed by atoms with Gasteiger partial charge in [-0.1, -0.05) is 13.3 Å². The summed E-state index contributed by atoms with van der Waals surface area (Å²) in [7, 11) is 0. The van der Waals surface area contributed by atoms with E-state index in [1.807, 2.05) is 0 Å². The Balaban J connectivity index is 1.71. The number of rotatable bonds is 6. The van der Waals surface area contributed by atoms with Crippen LogP contribution in [0.25, 0.3) is 0 Å². The first-order valence-electron chi connectivity index (χ1n) is 8.08. The Labute approximate surface area is 122 Å². The van der Waals surface area contributed by atoms with Crippen molar-refractivity contribution in [1.29, 1.82) is 0 Å². The third-order valence-corrected chi connectivity index (χ3v) is 4.26. The van der Waals surface area contributed by atoms with Crippen molar-refractivity contribution < 1.29 is 9.53 Å². The van der Waals surface area contributed by atoms with Crippen molar-refractivity contribution in [3.63, 3.8) is 0 Å². The van der Waals surface area contributed by atoms with E-state index in [1.165, 1.54) is 0 Å². The second-order valence-electron chi connectivity index (χ2n) is 6.01. The van der Waals surface area contributed by atoms with Crippen molar-refractivity contribution >= 4 is 5.91 Å². The molecule has 2 aliphatic rings. The maximum absolute atomic E-state index is 12.1. The van der Waals surface area contributed by atoms with Crippen molar-refractivity contribution in [1.82, 2.24) is 15.5 Å². The van der Waals surface area contributed by atoms with Crippen LogP contribution in [0.1, 0.15) is 26.2 Å². The Kier molecular flexibility index (Phi) is 6.76. The van der Waals surface area contributed by atoms with E-state index in [0.29, 0.717) is 5.92 Å². The second kappa shape index (κ2) is 8.60. The van der Waals surface area contributed by atoms with Gasteiger partial charge in [-0.3, -0.25) is 9.69 Å². The van der Waals surface area contributed by atoms with Crippen LogP contribution in [-0.4, -0.2) is 63.3 Å². The molecule has 0 aliphatic carbocycles. The van der Waals surface area contributed by atoms with Crippen LogP contribution in [0.5, 0.6) is 0 Å². The molecule has 0 aromatic carbocycles. The minimum Gasteiger partial charge on any atom is -0.379 e. The zero-order valence-corrected chi connectivity index (χ0v) is 12.7. The highest BCUT2D eigenvalue weighted by molar-refractivity contribution is 5.78. The standard InChI is InChI=1S/C15H29N3O2/c1-2-3-4-17-15(19)14-9-13(10-16-11-14)12-18-5-7-20-8-6-18/h13-14,16H,2-12H2,1H3,(H,17,19)/t13-,14+/m0/s1. The average Bonchev–Trinajstić information content (AvgIpc) is 2.49. The number of amides is 1. The van der Waals surface area contributed by atoms with Crippen LogP contribution in [0.4, 0.5) is 0 Å². The van der Waals surface area contributed by atoms with E-state index in [1.54, 1.807) is 0 Å². The van der Waals surface area contributed by atoms with Gasteiger partial charge < -0.3 is 15.4 Å². The summed E-state index contributed by atoms with van der Waals surface area (Å²) < 4.78 is 5.38. The largest absolute Gasteiger partial charge is 0.379 e. The molecule has 1 amide bonds. The molecular weight excluding hydrogens is 254 g/mol. The zero-order chi connectivity index (χ0) is 14.2. The normalized spacial score (nSPS) is 28.2. The lowest BCUT2D eigenvalue weighted by Gasteiger charge is -2.34. The van der Waals surface area contributed by atoms with Crippen molar-refractivity contribution in [3.8, 4) is 0 Å². The fourth-order valence-corrected chi connectivity index (χ4v) is 3.05. The molecular formula is C15H29N3O2. The van der Waals surface area contributed by atoms with Gasteiger partial charge in [0.15, 0.2) is 0 Å². The smallest absolute Gasteiger partial charge is 0.224 e. The Morgan fingerprint density at radius 1 is 1.35 bits per heavy atom. The molecule has 0 saturated carbocycles. The summed E-state index contributed by atoms with van der Waals surface area (Å²) in [6.07, 6.45) is 3.22. The predicted octanol–water partition coefficient (Wildman–Crippen LogP) is 0.461. The fourth-order valence-electron chi connectivity index (χ4n) is 3.05. The molecule has 5 heteroatoms. The van der Waals surface area contributed by atoms with Gasteiger partial charge in [-0.05, 0) is 25.3 Å². The minimum absolute atomic E-state index is 0.145. The van der Waals surface area contributed by atoms with Crippen molar-refractivity contribution in [3.05, 3.63) is 0 Å². The van der Waals surface area contributed by atoms with E-state index in [4.69, 9.17) is 4.74 Å². The van der Waals surface area contributed by atoms with Crippen LogP contribution in [0.15, 0.2) is 0 Å². The second-order valence-corrected chi connectivity index (χ2v) is 6.01. The summed E-state index contributed by atoms with van der Waals surface area (Å²) >= 11 is 0. The topological polar surface area (TPSA) is 53.6 Å². The van der Waals surface area contributed by atoms with E-state index in [2.05, 4.69) is 22.5 Å². The molecule has 5 nitrogen and oxygen atoms in total. The summed E-state index contributed by atoms with van der Waals surface area (Å²) in [5, 5.41) is 6.49. The minimum atomic E-state index is 0.145. The van der Waals surface area contributed by atoms with Gasteiger partial charge in [-0.25, -0.2) is 0 Å². The van der Waals surface area contributed by atoms with Gasteiger partial charge in [0.1, 0.15) is 0 Å². The Hall–Kier alpha value is -0.650. The van der Waals surface area contributed by atoms with Crippen LogP contribution in [-0.2, 0) is 9.53 Å². The molecule has 0 bridgehead atoms. The number of morpholine rings is 1. The van der Waals surface area contributed by atoms with E-state index < -0.39 is 0 Å². The molecule has 20 heavy (non-hydrogen) atoms. The molecule has 0 aromatic rings. The van der Waals surface area contributed by atoms with Crippen LogP contribution in [0.2, 0.25) is 0 Å². The highest BCUT2D eigenvalue weighted by atomic mass is 16.5. The number of carbonyl (C=O) groups excluding carboxylic acids is 1. The van der Waals surface area contributed by atoms with Gasteiger partial charge in [0.2, 0.25) is 5.91 Å². The summed E-state index contributed by atoms with van der Waals surface area (Å²) in [5.74, 6) is 0.966. The molecule has 0 aromatic heterocycles. The molecule has 0 radical (unpaired) electrons. The first-order valence-corrected chi connectivity index (χ1v) is 8.08. The molecule has 0 unspecified atom stereocenters. The van der Waals surface area contributed by atoms with E-state index >= 15 is 0 Å². The van der Waals surface area contributed by atoms with Gasteiger partial charge in [-0.15, -0.1) is 0 Å².